The zero-order chi connectivity index (χ0) is 12.8. The molecular weight excluding hydrogens is 280 g/mol. The number of benzene rings is 1. The number of hydrogen-bond donors (Lipinski definition) is 2. The van der Waals surface area contributed by atoms with Crippen LogP contribution in [0.25, 0.3) is 0 Å². The van der Waals surface area contributed by atoms with Gasteiger partial charge in [-0.2, -0.15) is 0 Å². The van der Waals surface area contributed by atoms with E-state index in [-0.39, 0.29) is 17.6 Å². The van der Waals surface area contributed by atoms with Crippen LogP contribution in [0.5, 0.6) is 0 Å². The van der Waals surface area contributed by atoms with E-state index in [9.17, 15) is 5.11 Å². The number of halogens is 3. The molecule has 0 radical (unpaired) electrons. The molecule has 0 aromatic heterocycles. The Hall–Kier alpha value is -0.150. The summed E-state index contributed by atoms with van der Waals surface area (Å²) in [6.45, 7) is 4.04. The lowest BCUT2D eigenvalue weighted by Crippen LogP contribution is -2.56. The lowest BCUT2D eigenvalue weighted by atomic mass is 9.64. The van der Waals surface area contributed by atoms with Gasteiger partial charge >= 0.3 is 0 Å². The second-order valence-electron chi connectivity index (χ2n) is 5.02. The second kappa shape index (κ2) is 4.51. The van der Waals surface area contributed by atoms with Crippen molar-refractivity contribution < 1.29 is 5.11 Å². The van der Waals surface area contributed by atoms with Gasteiger partial charge in [0.2, 0.25) is 0 Å². The van der Waals surface area contributed by atoms with Crippen molar-refractivity contribution in [3.63, 3.8) is 0 Å². The largest absolute Gasteiger partial charge is 0.392 e. The molecule has 2 rings (SSSR count). The van der Waals surface area contributed by atoms with Crippen LogP contribution in [0.2, 0.25) is 15.1 Å². The zero-order valence-corrected chi connectivity index (χ0v) is 11.9. The topological polar surface area (TPSA) is 32.3 Å². The Bertz CT molecular complexity index is 448. The molecule has 0 bridgehead atoms. The van der Waals surface area contributed by atoms with Crippen molar-refractivity contribution in [2.24, 2.45) is 5.41 Å². The number of aliphatic hydroxyl groups is 1. The normalized spacial score (nSPS) is 26.5. The summed E-state index contributed by atoms with van der Waals surface area (Å²) in [6.07, 6.45) is 0.436. The second-order valence-corrected chi connectivity index (χ2v) is 6.24. The smallest absolute Gasteiger partial charge is 0.0653 e. The van der Waals surface area contributed by atoms with Crippen molar-refractivity contribution in [2.75, 3.05) is 5.32 Å². The van der Waals surface area contributed by atoms with Crippen LogP contribution >= 0.6 is 34.8 Å². The minimum absolute atomic E-state index is 0.157. The standard InChI is InChI=1S/C12H14Cl3NO/c1-12(2)10(5-11(12)17)16-9-4-7(14)6(13)3-8(9)15/h3-4,10-11,16-17H,5H2,1-2H3. The Morgan fingerprint density at radius 3 is 2.29 bits per heavy atom. The van der Waals surface area contributed by atoms with Crippen LogP contribution in [0, 0.1) is 5.41 Å². The summed E-state index contributed by atoms with van der Waals surface area (Å²) >= 11 is 17.9. The molecule has 5 heteroatoms. The number of hydrogen-bond acceptors (Lipinski definition) is 2. The van der Waals surface area contributed by atoms with Gasteiger partial charge in [-0.25, -0.2) is 0 Å². The summed E-state index contributed by atoms with van der Waals surface area (Å²) < 4.78 is 0. The number of nitrogens with one attached hydrogen (secondary N) is 1. The summed E-state index contributed by atoms with van der Waals surface area (Å²) in [6, 6.07) is 3.52. The molecule has 0 heterocycles. The first-order valence-electron chi connectivity index (χ1n) is 5.41. The van der Waals surface area contributed by atoms with Crippen molar-refractivity contribution in [1.82, 2.24) is 0 Å². The lowest BCUT2D eigenvalue weighted by molar-refractivity contribution is -0.0510. The molecule has 0 aliphatic heterocycles. The third kappa shape index (κ3) is 2.37. The average molecular weight is 295 g/mol. The molecule has 1 aliphatic rings. The molecule has 1 aliphatic carbocycles. The molecule has 1 aromatic rings. The van der Waals surface area contributed by atoms with Crippen LogP contribution in [0.4, 0.5) is 5.69 Å². The van der Waals surface area contributed by atoms with Crippen molar-refractivity contribution in [3.8, 4) is 0 Å². The fourth-order valence-electron chi connectivity index (χ4n) is 1.97. The summed E-state index contributed by atoms with van der Waals surface area (Å²) in [4.78, 5) is 0. The van der Waals surface area contributed by atoms with Gasteiger partial charge < -0.3 is 10.4 Å². The molecule has 1 fully saturated rings. The monoisotopic (exact) mass is 293 g/mol. The summed E-state index contributed by atoms with van der Waals surface area (Å²) in [5.41, 5.74) is 0.598. The van der Waals surface area contributed by atoms with Gasteiger partial charge in [0, 0.05) is 11.5 Å². The predicted octanol–water partition coefficient (Wildman–Crippen LogP) is 4.22. The fraction of sp³-hybridized carbons (Fsp3) is 0.500. The summed E-state index contributed by atoms with van der Waals surface area (Å²) in [5, 5.41) is 14.4. The first-order chi connectivity index (χ1) is 7.82. The molecule has 0 amide bonds. The van der Waals surface area contributed by atoms with Gasteiger partial charge in [0.05, 0.1) is 26.9 Å². The predicted molar refractivity (Wildman–Crippen MR) is 73.3 cm³/mol. The molecule has 17 heavy (non-hydrogen) atoms. The maximum absolute atomic E-state index is 9.67. The molecule has 2 atom stereocenters. The van der Waals surface area contributed by atoms with Crippen molar-refractivity contribution in [2.45, 2.75) is 32.4 Å². The van der Waals surface area contributed by atoms with Crippen LogP contribution in [0.15, 0.2) is 12.1 Å². The number of rotatable bonds is 2. The first kappa shape index (κ1) is 13.3. The van der Waals surface area contributed by atoms with Gasteiger partial charge in [0.1, 0.15) is 0 Å². The Labute approximate surface area is 116 Å². The molecule has 0 saturated heterocycles. The average Bonchev–Trinajstić information content (AvgIpc) is 2.25. The third-order valence-corrected chi connectivity index (χ3v) is 4.59. The van der Waals surface area contributed by atoms with Gasteiger partial charge in [-0.15, -0.1) is 0 Å². The summed E-state index contributed by atoms with van der Waals surface area (Å²) in [5.74, 6) is 0. The molecule has 2 nitrogen and oxygen atoms in total. The minimum atomic E-state index is -0.276. The first-order valence-corrected chi connectivity index (χ1v) is 6.55. The van der Waals surface area contributed by atoms with E-state index in [1.54, 1.807) is 12.1 Å². The maximum atomic E-state index is 9.67. The van der Waals surface area contributed by atoms with Gasteiger partial charge in [0.15, 0.2) is 0 Å². The van der Waals surface area contributed by atoms with Gasteiger partial charge in [0.25, 0.3) is 0 Å². The van der Waals surface area contributed by atoms with Gasteiger partial charge in [-0.1, -0.05) is 48.7 Å². The number of anilines is 1. The lowest BCUT2D eigenvalue weighted by Gasteiger charge is -2.50. The highest BCUT2D eigenvalue weighted by molar-refractivity contribution is 6.44. The Balaban J connectivity index is 2.18. The SMILES string of the molecule is CC1(C)C(O)CC1Nc1cc(Cl)c(Cl)cc1Cl. The molecule has 1 aromatic carbocycles. The van der Waals surface area contributed by atoms with Crippen LogP contribution in [-0.2, 0) is 0 Å². The van der Waals surface area contributed by atoms with Gasteiger partial charge in [-0.05, 0) is 18.6 Å². The van der Waals surface area contributed by atoms with Crippen molar-refractivity contribution in [3.05, 3.63) is 27.2 Å². The van der Waals surface area contributed by atoms with Crippen molar-refractivity contribution >= 4 is 40.5 Å². The fourth-order valence-corrected chi connectivity index (χ4v) is 2.57. The van der Waals surface area contributed by atoms with Crippen LogP contribution in [0.1, 0.15) is 20.3 Å². The van der Waals surface area contributed by atoms with E-state index in [1.807, 2.05) is 13.8 Å². The Morgan fingerprint density at radius 2 is 1.76 bits per heavy atom. The Morgan fingerprint density at radius 1 is 1.18 bits per heavy atom. The van der Waals surface area contributed by atoms with Crippen LogP contribution < -0.4 is 5.32 Å². The van der Waals surface area contributed by atoms with E-state index < -0.39 is 0 Å². The molecular formula is C12H14Cl3NO. The van der Waals surface area contributed by atoms with E-state index in [0.29, 0.717) is 21.5 Å². The third-order valence-electron chi connectivity index (χ3n) is 3.56. The summed E-state index contributed by atoms with van der Waals surface area (Å²) in [7, 11) is 0. The van der Waals surface area contributed by atoms with Crippen LogP contribution in [0.3, 0.4) is 0 Å². The van der Waals surface area contributed by atoms with Crippen molar-refractivity contribution in [1.29, 1.82) is 0 Å². The molecule has 94 valence electrons. The highest BCUT2D eigenvalue weighted by Crippen LogP contribution is 2.43. The number of aliphatic hydroxyl groups excluding tert-OH is 1. The van der Waals surface area contributed by atoms with Crippen LogP contribution in [-0.4, -0.2) is 17.3 Å². The molecule has 0 spiro atoms. The van der Waals surface area contributed by atoms with E-state index in [2.05, 4.69) is 5.32 Å². The highest BCUT2D eigenvalue weighted by Gasteiger charge is 2.47. The van der Waals surface area contributed by atoms with E-state index in [1.165, 1.54) is 0 Å². The van der Waals surface area contributed by atoms with E-state index >= 15 is 0 Å². The van der Waals surface area contributed by atoms with E-state index in [4.69, 9.17) is 34.8 Å². The molecule has 1 saturated carbocycles. The zero-order valence-electron chi connectivity index (χ0n) is 9.60. The maximum Gasteiger partial charge on any atom is 0.0653 e. The van der Waals surface area contributed by atoms with Gasteiger partial charge in [-0.3, -0.25) is 0 Å². The quantitative estimate of drug-likeness (QED) is 0.801. The molecule has 2 N–H and O–H groups in total. The minimum Gasteiger partial charge on any atom is -0.392 e. The highest BCUT2D eigenvalue weighted by atomic mass is 35.5. The van der Waals surface area contributed by atoms with E-state index in [0.717, 1.165) is 5.69 Å². The molecule has 2 unspecified atom stereocenters. The Kier molecular flexibility index (Phi) is 3.52.